The lowest BCUT2D eigenvalue weighted by Crippen LogP contribution is -2.29. The maximum absolute atomic E-state index is 13.4. The fraction of sp³-hybridized carbons (Fsp3) is 0.267. The third-order valence-electron chi connectivity index (χ3n) is 6.11. The first-order valence-corrected chi connectivity index (χ1v) is 11.9. The SMILES string of the molecule is CCc1ccc(/C(O)=C2\C(=O)C(=O)N(c3cc(C)cc(C)c3)C2c2cccc(OC(C)C)c2)cc1. The lowest BCUT2D eigenvalue weighted by atomic mass is 9.94. The van der Waals surface area contributed by atoms with Gasteiger partial charge in [-0.1, -0.05) is 49.4 Å². The van der Waals surface area contributed by atoms with Gasteiger partial charge in [0.2, 0.25) is 0 Å². The molecule has 0 spiro atoms. The van der Waals surface area contributed by atoms with Crippen molar-refractivity contribution in [2.45, 2.75) is 53.2 Å². The van der Waals surface area contributed by atoms with Gasteiger partial charge < -0.3 is 9.84 Å². The molecule has 4 rings (SSSR count). The topological polar surface area (TPSA) is 66.8 Å². The predicted molar refractivity (Wildman–Crippen MR) is 139 cm³/mol. The van der Waals surface area contributed by atoms with Crippen LogP contribution in [-0.4, -0.2) is 22.9 Å². The zero-order valence-electron chi connectivity index (χ0n) is 20.8. The van der Waals surface area contributed by atoms with Gasteiger partial charge in [-0.15, -0.1) is 0 Å². The second-order valence-corrected chi connectivity index (χ2v) is 9.30. The number of amides is 1. The van der Waals surface area contributed by atoms with Crippen molar-refractivity contribution in [2.24, 2.45) is 0 Å². The summed E-state index contributed by atoms with van der Waals surface area (Å²) in [4.78, 5) is 28.3. The zero-order valence-corrected chi connectivity index (χ0v) is 20.8. The van der Waals surface area contributed by atoms with E-state index in [0.29, 0.717) is 22.6 Å². The van der Waals surface area contributed by atoms with Crippen LogP contribution in [0.1, 0.15) is 54.6 Å². The van der Waals surface area contributed by atoms with Crippen molar-refractivity contribution in [3.63, 3.8) is 0 Å². The summed E-state index contributed by atoms with van der Waals surface area (Å²) in [6.07, 6.45) is 0.828. The molecule has 0 saturated carbocycles. The van der Waals surface area contributed by atoms with E-state index in [2.05, 4.69) is 6.92 Å². The Morgan fingerprint density at radius 1 is 0.971 bits per heavy atom. The van der Waals surface area contributed by atoms with Gasteiger partial charge in [-0.2, -0.15) is 0 Å². The summed E-state index contributed by atoms with van der Waals surface area (Å²) in [7, 11) is 0. The quantitative estimate of drug-likeness (QED) is 0.262. The highest BCUT2D eigenvalue weighted by Crippen LogP contribution is 2.43. The molecule has 5 heteroatoms. The summed E-state index contributed by atoms with van der Waals surface area (Å²) < 4.78 is 5.89. The Bertz CT molecular complexity index is 1280. The van der Waals surface area contributed by atoms with Crippen molar-refractivity contribution in [3.8, 4) is 5.75 Å². The maximum Gasteiger partial charge on any atom is 0.300 e. The molecule has 1 saturated heterocycles. The van der Waals surface area contributed by atoms with Crippen molar-refractivity contribution in [2.75, 3.05) is 4.90 Å². The molecule has 0 radical (unpaired) electrons. The summed E-state index contributed by atoms with van der Waals surface area (Å²) in [5.74, 6) is -0.919. The standard InChI is InChI=1S/C30H31NO4/c1-6-21-10-12-22(13-11-21)28(32)26-27(23-8-7-9-25(17-23)35-18(2)3)31(30(34)29(26)33)24-15-19(4)14-20(5)16-24/h7-18,27,32H,6H2,1-5H3/b28-26+. The van der Waals surface area contributed by atoms with Crippen molar-refractivity contribution < 1.29 is 19.4 Å². The molecule has 0 aromatic heterocycles. The number of hydrogen-bond acceptors (Lipinski definition) is 4. The largest absolute Gasteiger partial charge is 0.507 e. The number of Topliss-reactive ketones (excluding diaryl/α,β-unsaturated/α-hetero) is 1. The van der Waals surface area contributed by atoms with Gasteiger partial charge in [0.15, 0.2) is 0 Å². The first kappa shape index (κ1) is 24.3. The third-order valence-corrected chi connectivity index (χ3v) is 6.11. The van der Waals surface area contributed by atoms with Crippen molar-refractivity contribution in [1.82, 2.24) is 0 Å². The van der Waals surface area contributed by atoms with Crippen molar-refractivity contribution >= 4 is 23.1 Å². The van der Waals surface area contributed by atoms with Crippen LogP contribution in [-0.2, 0) is 16.0 Å². The van der Waals surface area contributed by atoms with Crippen molar-refractivity contribution in [3.05, 3.63) is 100 Å². The number of aliphatic hydroxyl groups excluding tert-OH is 1. The smallest absolute Gasteiger partial charge is 0.300 e. The summed E-state index contributed by atoms with van der Waals surface area (Å²) in [5, 5.41) is 11.3. The van der Waals surface area contributed by atoms with Gasteiger partial charge in [0.25, 0.3) is 11.7 Å². The van der Waals surface area contributed by atoms with E-state index in [0.717, 1.165) is 23.1 Å². The van der Waals surface area contributed by atoms with Gasteiger partial charge in [-0.3, -0.25) is 14.5 Å². The Kier molecular flexibility index (Phi) is 6.79. The third kappa shape index (κ3) is 4.85. The molecule has 1 aliphatic rings. The Hall–Kier alpha value is -3.86. The molecule has 1 heterocycles. The van der Waals surface area contributed by atoms with E-state index in [1.807, 2.05) is 82.3 Å². The lowest BCUT2D eigenvalue weighted by Gasteiger charge is -2.26. The second kappa shape index (κ2) is 9.79. The molecule has 1 atom stereocenters. The summed E-state index contributed by atoms with van der Waals surface area (Å²) in [6, 6.07) is 19.8. The van der Waals surface area contributed by atoms with Crippen LogP contribution >= 0.6 is 0 Å². The van der Waals surface area contributed by atoms with Crippen LogP contribution in [0.5, 0.6) is 5.75 Å². The zero-order chi connectivity index (χ0) is 25.3. The van der Waals surface area contributed by atoms with E-state index in [-0.39, 0.29) is 17.4 Å². The number of aryl methyl sites for hydroxylation is 3. The molecule has 180 valence electrons. The number of anilines is 1. The highest BCUT2D eigenvalue weighted by molar-refractivity contribution is 6.51. The summed E-state index contributed by atoms with van der Waals surface area (Å²) in [5.41, 5.74) is 4.95. The average Bonchev–Trinajstić information content (AvgIpc) is 3.08. The number of aliphatic hydroxyl groups is 1. The number of hydrogen-bond donors (Lipinski definition) is 1. The highest BCUT2D eigenvalue weighted by Gasteiger charge is 2.47. The molecule has 1 fully saturated rings. The number of carbonyl (C=O) groups is 2. The molecule has 3 aromatic rings. The number of ketones is 1. The van der Waals surface area contributed by atoms with Crippen LogP contribution in [0.4, 0.5) is 5.69 Å². The fourth-order valence-electron chi connectivity index (χ4n) is 4.59. The second-order valence-electron chi connectivity index (χ2n) is 9.30. The molecule has 35 heavy (non-hydrogen) atoms. The lowest BCUT2D eigenvalue weighted by molar-refractivity contribution is -0.132. The minimum atomic E-state index is -0.794. The Balaban J connectivity index is 1.94. The van der Waals surface area contributed by atoms with Crippen LogP contribution in [0.3, 0.4) is 0 Å². The number of rotatable bonds is 6. The molecule has 5 nitrogen and oxygen atoms in total. The molecule has 3 aromatic carbocycles. The molecule has 0 bridgehead atoms. The van der Waals surface area contributed by atoms with Crippen LogP contribution in [0.25, 0.3) is 5.76 Å². The summed E-state index contributed by atoms with van der Waals surface area (Å²) in [6.45, 7) is 9.84. The number of nitrogens with zero attached hydrogens (tertiary/aromatic N) is 1. The Morgan fingerprint density at radius 3 is 2.23 bits per heavy atom. The molecule has 1 N–H and O–H groups in total. The molecular formula is C30H31NO4. The molecule has 0 aliphatic carbocycles. The van der Waals surface area contributed by atoms with Crippen LogP contribution in [0.15, 0.2) is 72.3 Å². The van der Waals surface area contributed by atoms with Gasteiger partial charge in [-0.25, -0.2) is 0 Å². The molecular weight excluding hydrogens is 438 g/mol. The first-order chi connectivity index (χ1) is 16.7. The minimum Gasteiger partial charge on any atom is -0.507 e. The Labute approximate surface area is 206 Å². The molecule has 1 amide bonds. The van der Waals surface area contributed by atoms with Gasteiger partial charge in [0.1, 0.15) is 11.5 Å². The van der Waals surface area contributed by atoms with Crippen LogP contribution < -0.4 is 9.64 Å². The van der Waals surface area contributed by atoms with E-state index in [9.17, 15) is 14.7 Å². The number of carbonyl (C=O) groups excluding carboxylic acids is 2. The van der Waals surface area contributed by atoms with Gasteiger partial charge in [-0.05, 0) is 80.6 Å². The van der Waals surface area contributed by atoms with E-state index in [4.69, 9.17) is 4.74 Å². The minimum absolute atomic E-state index is 0.0342. The molecule has 1 aliphatic heterocycles. The highest BCUT2D eigenvalue weighted by atomic mass is 16.5. The normalized spacial score (nSPS) is 17.3. The van der Waals surface area contributed by atoms with E-state index in [1.165, 1.54) is 4.90 Å². The predicted octanol–water partition coefficient (Wildman–Crippen LogP) is 6.28. The first-order valence-electron chi connectivity index (χ1n) is 11.9. The number of benzene rings is 3. The van der Waals surface area contributed by atoms with Gasteiger partial charge in [0.05, 0.1) is 17.7 Å². The number of ether oxygens (including phenoxy) is 1. The maximum atomic E-state index is 13.4. The fourth-order valence-corrected chi connectivity index (χ4v) is 4.59. The average molecular weight is 470 g/mol. The van der Waals surface area contributed by atoms with Gasteiger partial charge >= 0.3 is 0 Å². The van der Waals surface area contributed by atoms with Crippen LogP contribution in [0.2, 0.25) is 0 Å². The molecule has 1 unspecified atom stereocenters. The van der Waals surface area contributed by atoms with Crippen LogP contribution in [0, 0.1) is 13.8 Å². The van der Waals surface area contributed by atoms with E-state index >= 15 is 0 Å². The summed E-state index contributed by atoms with van der Waals surface area (Å²) >= 11 is 0. The van der Waals surface area contributed by atoms with Crippen molar-refractivity contribution in [1.29, 1.82) is 0 Å². The Morgan fingerprint density at radius 2 is 1.63 bits per heavy atom. The van der Waals surface area contributed by atoms with Gasteiger partial charge in [0, 0.05) is 11.3 Å². The van der Waals surface area contributed by atoms with E-state index in [1.54, 1.807) is 12.1 Å². The van der Waals surface area contributed by atoms with E-state index < -0.39 is 17.7 Å². The monoisotopic (exact) mass is 469 g/mol.